The summed E-state index contributed by atoms with van der Waals surface area (Å²) in [5, 5.41) is 1.16. The molecule has 2 aromatic rings. The Balaban J connectivity index is 1.87. The predicted octanol–water partition coefficient (Wildman–Crippen LogP) is 4.19. The molecule has 1 atom stereocenters. The van der Waals surface area contributed by atoms with Gasteiger partial charge in [0.05, 0.1) is 11.2 Å². The lowest BCUT2D eigenvalue weighted by Gasteiger charge is -2.13. The normalized spacial score (nSPS) is 17.0. The van der Waals surface area contributed by atoms with Gasteiger partial charge in [-0.25, -0.2) is 4.98 Å². The number of para-hydroxylation sites is 1. The number of aromatic nitrogens is 1. The molecule has 2 N–H and O–H groups in total. The van der Waals surface area contributed by atoms with Crippen LogP contribution in [0.1, 0.15) is 37.4 Å². The van der Waals surface area contributed by atoms with Gasteiger partial charge in [0.1, 0.15) is 0 Å². The maximum absolute atomic E-state index is 6.27. The molecule has 1 aromatic heterocycles. The van der Waals surface area contributed by atoms with Crippen molar-refractivity contribution in [2.45, 2.75) is 31.7 Å². The third kappa shape index (κ3) is 2.57. The standard InChI is InChI=1S/C15H17BrN2/c16-12-9-11-3-1-2-4-14(11)18-15(12)13(17)8-7-10-5-6-10/h1-4,9-10,13H,5-8,17H2. The Labute approximate surface area is 116 Å². The molecule has 1 heterocycles. The van der Waals surface area contributed by atoms with Crippen LogP contribution >= 0.6 is 15.9 Å². The minimum atomic E-state index is 0.0459. The van der Waals surface area contributed by atoms with Crippen LogP contribution in [0.15, 0.2) is 34.8 Å². The number of nitrogens with two attached hydrogens (primary N) is 1. The van der Waals surface area contributed by atoms with Crippen molar-refractivity contribution in [2.24, 2.45) is 11.7 Å². The lowest BCUT2D eigenvalue weighted by Crippen LogP contribution is -2.13. The second-order valence-electron chi connectivity index (χ2n) is 5.18. The van der Waals surface area contributed by atoms with E-state index in [1.807, 2.05) is 18.2 Å². The number of halogens is 1. The number of rotatable bonds is 4. The van der Waals surface area contributed by atoms with E-state index in [4.69, 9.17) is 10.7 Å². The van der Waals surface area contributed by atoms with Crippen molar-refractivity contribution < 1.29 is 0 Å². The second kappa shape index (κ2) is 4.98. The Morgan fingerprint density at radius 1 is 1.33 bits per heavy atom. The molecule has 1 unspecified atom stereocenters. The van der Waals surface area contributed by atoms with Gasteiger partial charge in [0.25, 0.3) is 0 Å². The van der Waals surface area contributed by atoms with E-state index in [1.165, 1.54) is 19.3 Å². The molecule has 1 saturated carbocycles. The van der Waals surface area contributed by atoms with Gasteiger partial charge in [-0.2, -0.15) is 0 Å². The van der Waals surface area contributed by atoms with Crippen molar-refractivity contribution in [1.82, 2.24) is 4.98 Å². The highest BCUT2D eigenvalue weighted by Crippen LogP contribution is 2.36. The number of benzene rings is 1. The topological polar surface area (TPSA) is 38.9 Å². The molecule has 0 amide bonds. The number of hydrogen-bond acceptors (Lipinski definition) is 2. The molecule has 3 heteroatoms. The third-order valence-electron chi connectivity index (χ3n) is 3.64. The Morgan fingerprint density at radius 2 is 2.11 bits per heavy atom. The summed E-state index contributed by atoms with van der Waals surface area (Å²) in [6.45, 7) is 0. The molecule has 1 aliphatic carbocycles. The first-order chi connectivity index (χ1) is 8.74. The van der Waals surface area contributed by atoms with Gasteiger partial charge in [0.15, 0.2) is 0 Å². The van der Waals surface area contributed by atoms with Crippen molar-refractivity contribution in [2.75, 3.05) is 0 Å². The molecule has 0 aliphatic heterocycles. The van der Waals surface area contributed by atoms with Crippen LogP contribution in [-0.2, 0) is 0 Å². The van der Waals surface area contributed by atoms with Gasteiger partial charge in [0, 0.05) is 15.9 Å². The number of fused-ring (bicyclic) bond motifs is 1. The molecular formula is C15H17BrN2. The van der Waals surface area contributed by atoms with Gasteiger partial charge in [-0.3, -0.25) is 0 Å². The van der Waals surface area contributed by atoms with Crippen molar-refractivity contribution in [1.29, 1.82) is 0 Å². The fourth-order valence-corrected chi connectivity index (χ4v) is 2.95. The van der Waals surface area contributed by atoms with E-state index in [-0.39, 0.29) is 6.04 Å². The summed E-state index contributed by atoms with van der Waals surface area (Å²) in [6.07, 6.45) is 5.05. The van der Waals surface area contributed by atoms with Gasteiger partial charge in [-0.15, -0.1) is 0 Å². The molecule has 0 radical (unpaired) electrons. The number of hydrogen-bond donors (Lipinski definition) is 1. The lowest BCUT2D eigenvalue weighted by atomic mass is 10.0. The molecular weight excluding hydrogens is 288 g/mol. The van der Waals surface area contributed by atoms with Gasteiger partial charge in [-0.05, 0) is 46.8 Å². The summed E-state index contributed by atoms with van der Waals surface area (Å²) in [4.78, 5) is 4.70. The average Bonchev–Trinajstić information content (AvgIpc) is 3.19. The van der Waals surface area contributed by atoms with Crippen molar-refractivity contribution in [3.63, 3.8) is 0 Å². The lowest BCUT2D eigenvalue weighted by molar-refractivity contribution is 0.564. The fraction of sp³-hybridized carbons (Fsp3) is 0.400. The molecule has 1 aliphatic rings. The van der Waals surface area contributed by atoms with Crippen molar-refractivity contribution in [3.05, 3.63) is 40.5 Å². The molecule has 94 valence electrons. The van der Waals surface area contributed by atoms with E-state index in [0.29, 0.717) is 0 Å². The van der Waals surface area contributed by atoms with Crippen molar-refractivity contribution >= 4 is 26.8 Å². The van der Waals surface area contributed by atoms with Crippen LogP contribution in [-0.4, -0.2) is 4.98 Å². The highest BCUT2D eigenvalue weighted by molar-refractivity contribution is 9.10. The first-order valence-corrected chi connectivity index (χ1v) is 7.34. The largest absolute Gasteiger partial charge is 0.323 e. The minimum absolute atomic E-state index is 0.0459. The van der Waals surface area contributed by atoms with Crippen LogP contribution in [0.3, 0.4) is 0 Å². The quantitative estimate of drug-likeness (QED) is 0.920. The Hall–Kier alpha value is -0.930. The average molecular weight is 305 g/mol. The smallest absolute Gasteiger partial charge is 0.0720 e. The zero-order valence-electron chi connectivity index (χ0n) is 10.3. The van der Waals surface area contributed by atoms with E-state index < -0.39 is 0 Å². The molecule has 0 saturated heterocycles. The predicted molar refractivity (Wildman–Crippen MR) is 78.3 cm³/mol. The van der Waals surface area contributed by atoms with Crippen LogP contribution in [0.2, 0.25) is 0 Å². The highest BCUT2D eigenvalue weighted by atomic mass is 79.9. The molecule has 18 heavy (non-hydrogen) atoms. The fourth-order valence-electron chi connectivity index (χ4n) is 2.32. The zero-order chi connectivity index (χ0) is 12.5. The van der Waals surface area contributed by atoms with Crippen LogP contribution in [0.4, 0.5) is 0 Å². The molecule has 3 rings (SSSR count). The summed E-state index contributed by atoms with van der Waals surface area (Å²) < 4.78 is 1.03. The number of pyridine rings is 1. The maximum atomic E-state index is 6.27. The van der Waals surface area contributed by atoms with Gasteiger partial charge < -0.3 is 5.73 Å². The summed E-state index contributed by atoms with van der Waals surface area (Å²) in [6, 6.07) is 10.3. The Kier molecular flexibility index (Phi) is 3.35. The van der Waals surface area contributed by atoms with Gasteiger partial charge >= 0.3 is 0 Å². The number of nitrogens with zero attached hydrogens (tertiary/aromatic N) is 1. The van der Waals surface area contributed by atoms with E-state index in [9.17, 15) is 0 Å². The summed E-state index contributed by atoms with van der Waals surface area (Å²) >= 11 is 3.60. The van der Waals surface area contributed by atoms with E-state index in [0.717, 1.165) is 33.4 Å². The highest BCUT2D eigenvalue weighted by Gasteiger charge is 2.23. The van der Waals surface area contributed by atoms with Crippen molar-refractivity contribution in [3.8, 4) is 0 Å². The summed E-state index contributed by atoms with van der Waals surface area (Å²) in [5.41, 5.74) is 8.29. The van der Waals surface area contributed by atoms with Crippen LogP contribution < -0.4 is 5.73 Å². The van der Waals surface area contributed by atoms with Gasteiger partial charge in [-0.1, -0.05) is 31.0 Å². The van der Waals surface area contributed by atoms with Gasteiger partial charge in [0.2, 0.25) is 0 Å². The second-order valence-corrected chi connectivity index (χ2v) is 6.03. The molecule has 1 fully saturated rings. The molecule has 2 nitrogen and oxygen atoms in total. The summed E-state index contributed by atoms with van der Waals surface area (Å²) in [5.74, 6) is 0.926. The summed E-state index contributed by atoms with van der Waals surface area (Å²) in [7, 11) is 0. The van der Waals surface area contributed by atoms with Crippen LogP contribution in [0.5, 0.6) is 0 Å². The molecule has 1 aromatic carbocycles. The van der Waals surface area contributed by atoms with Crippen LogP contribution in [0, 0.1) is 5.92 Å². The maximum Gasteiger partial charge on any atom is 0.0720 e. The molecule has 0 bridgehead atoms. The first kappa shape index (κ1) is 12.1. The molecule has 0 spiro atoms. The van der Waals surface area contributed by atoms with E-state index in [2.05, 4.69) is 28.1 Å². The van der Waals surface area contributed by atoms with E-state index in [1.54, 1.807) is 0 Å². The SMILES string of the molecule is NC(CCC1CC1)c1nc2ccccc2cc1Br. The third-order valence-corrected chi connectivity index (χ3v) is 4.27. The zero-order valence-corrected chi connectivity index (χ0v) is 11.9. The van der Waals surface area contributed by atoms with E-state index >= 15 is 0 Å². The first-order valence-electron chi connectivity index (χ1n) is 6.55. The monoisotopic (exact) mass is 304 g/mol. The Morgan fingerprint density at radius 3 is 2.89 bits per heavy atom. The van der Waals surface area contributed by atoms with Crippen LogP contribution in [0.25, 0.3) is 10.9 Å². The minimum Gasteiger partial charge on any atom is -0.323 e. The Bertz CT molecular complexity index is 563.